The zero-order valence-corrected chi connectivity index (χ0v) is 17.5. The largest absolute Gasteiger partial charge is 0.352 e. The number of amides is 1. The number of nitrogens with one attached hydrogen (secondary N) is 1. The Morgan fingerprint density at radius 1 is 0.867 bits per heavy atom. The molecule has 0 atom stereocenters. The van der Waals surface area contributed by atoms with E-state index in [9.17, 15) is 13.2 Å². The van der Waals surface area contributed by atoms with Gasteiger partial charge < -0.3 is 9.88 Å². The summed E-state index contributed by atoms with van der Waals surface area (Å²) in [6.07, 6.45) is 6.08. The van der Waals surface area contributed by atoms with Gasteiger partial charge in [-0.3, -0.25) is 4.79 Å². The van der Waals surface area contributed by atoms with Crippen molar-refractivity contribution in [2.24, 2.45) is 0 Å². The molecule has 156 valence electrons. The van der Waals surface area contributed by atoms with Gasteiger partial charge in [-0.2, -0.15) is 4.31 Å². The summed E-state index contributed by atoms with van der Waals surface area (Å²) in [6, 6.07) is 18.6. The van der Waals surface area contributed by atoms with Gasteiger partial charge in [0.1, 0.15) is 0 Å². The van der Waals surface area contributed by atoms with Crippen LogP contribution in [0.4, 0.5) is 0 Å². The van der Waals surface area contributed by atoms with E-state index < -0.39 is 10.0 Å². The Morgan fingerprint density at radius 2 is 1.47 bits per heavy atom. The Bertz CT molecular complexity index is 1080. The van der Waals surface area contributed by atoms with Crippen molar-refractivity contribution in [3.05, 3.63) is 84.2 Å². The topological polar surface area (TPSA) is 71.4 Å². The second kappa shape index (κ2) is 8.85. The SMILES string of the molecule is O=C(Cc1ccc(-n2cccc2)cc1)NCc1ccc(S(=O)(=O)N2CCCC2)cc1. The average Bonchev–Trinajstić information content (AvgIpc) is 3.48. The molecule has 1 saturated heterocycles. The van der Waals surface area contributed by atoms with Crippen LogP contribution >= 0.6 is 0 Å². The Labute approximate surface area is 177 Å². The number of hydrogen-bond donors (Lipinski definition) is 1. The van der Waals surface area contributed by atoms with Gasteiger partial charge in [0.2, 0.25) is 15.9 Å². The first-order valence-electron chi connectivity index (χ1n) is 10.1. The molecule has 3 aromatic rings. The van der Waals surface area contributed by atoms with Crippen molar-refractivity contribution >= 4 is 15.9 Å². The summed E-state index contributed by atoms with van der Waals surface area (Å²) in [7, 11) is -3.40. The van der Waals surface area contributed by atoms with Crippen LogP contribution in [-0.2, 0) is 27.8 Å². The molecular weight excluding hydrogens is 398 g/mol. The van der Waals surface area contributed by atoms with Crippen LogP contribution in [0.3, 0.4) is 0 Å². The summed E-state index contributed by atoms with van der Waals surface area (Å²) in [6.45, 7) is 1.55. The van der Waals surface area contributed by atoms with Gasteiger partial charge >= 0.3 is 0 Å². The predicted molar refractivity (Wildman–Crippen MR) is 116 cm³/mol. The predicted octanol–water partition coefficient (Wildman–Crippen LogP) is 3.12. The molecule has 1 N–H and O–H groups in total. The van der Waals surface area contributed by atoms with Crippen LogP contribution in [0.25, 0.3) is 5.69 Å². The van der Waals surface area contributed by atoms with Crippen LogP contribution in [0.5, 0.6) is 0 Å². The third kappa shape index (κ3) is 4.63. The first-order valence-corrected chi connectivity index (χ1v) is 11.5. The first-order chi connectivity index (χ1) is 14.5. The Balaban J connectivity index is 1.30. The van der Waals surface area contributed by atoms with Crippen LogP contribution in [-0.4, -0.2) is 36.3 Å². The van der Waals surface area contributed by atoms with Crippen molar-refractivity contribution in [3.63, 3.8) is 0 Å². The van der Waals surface area contributed by atoms with Crippen molar-refractivity contribution in [2.45, 2.75) is 30.7 Å². The summed E-state index contributed by atoms with van der Waals surface area (Å²) in [4.78, 5) is 12.6. The lowest BCUT2D eigenvalue weighted by molar-refractivity contribution is -0.120. The van der Waals surface area contributed by atoms with E-state index in [0.29, 0.717) is 31.0 Å². The fraction of sp³-hybridized carbons (Fsp3) is 0.261. The van der Waals surface area contributed by atoms with Gasteiger partial charge in [-0.25, -0.2) is 8.42 Å². The minimum Gasteiger partial charge on any atom is -0.352 e. The maximum Gasteiger partial charge on any atom is 0.243 e. The number of carbonyl (C=O) groups is 1. The van der Waals surface area contributed by atoms with Gasteiger partial charge in [-0.1, -0.05) is 24.3 Å². The van der Waals surface area contributed by atoms with E-state index in [4.69, 9.17) is 0 Å². The monoisotopic (exact) mass is 423 g/mol. The number of aromatic nitrogens is 1. The van der Waals surface area contributed by atoms with Gasteiger partial charge in [0.15, 0.2) is 0 Å². The van der Waals surface area contributed by atoms with Crippen molar-refractivity contribution in [1.82, 2.24) is 14.2 Å². The summed E-state index contributed by atoms with van der Waals surface area (Å²) in [5.74, 6) is -0.0718. The van der Waals surface area contributed by atoms with E-state index in [1.165, 1.54) is 4.31 Å². The molecule has 1 aromatic heterocycles. The van der Waals surface area contributed by atoms with Gasteiger partial charge in [-0.15, -0.1) is 0 Å². The van der Waals surface area contributed by atoms with Crippen LogP contribution in [0.1, 0.15) is 24.0 Å². The molecular formula is C23H25N3O3S. The summed E-state index contributed by atoms with van der Waals surface area (Å²) < 4.78 is 28.7. The zero-order chi connectivity index (χ0) is 21.0. The number of hydrogen-bond acceptors (Lipinski definition) is 3. The Hall–Kier alpha value is -2.90. The lowest BCUT2D eigenvalue weighted by Gasteiger charge is -2.15. The molecule has 6 nitrogen and oxygen atoms in total. The molecule has 0 radical (unpaired) electrons. The molecule has 0 spiro atoms. The minimum absolute atomic E-state index is 0.0718. The molecule has 1 aliphatic rings. The first kappa shape index (κ1) is 20.4. The van der Waals surface area contributed by atoms with Gasteiger partial charge in [0.05, 0.1) is 11.3 Å². The van der Waals surface area contributed by atoms with Gasteiger partial charge in [0, 0.05) is 37.7 Å². The maximum absolute atomic E-state index is 12.6. The summed E-state index contributed by atoms with van der Waals surface area (Å²) >= 11 is 0. The van der Waals surface area contributed by atoms with Crippen LogP contribution in [0.2, 0.25) is 0 Å². The molecule has 1 aliphatic heterocycles. The average molecular weight is 424 g/mol. The van der Waals surface area contributed by atoms with Crippen molar-refractivity contribution in [3.8, 4) is 5.69 Å². The number of sulfonamides is 1. The van der Waals surface area contributed by atoms with Crippen LogP contribution in [0, 0.1) is 0 Å². The quantitative estimate of drug-likeness (QED) is 0.635. The highest BCUT2D eigenvalue weighted by molar-refractivity contribution is 7.89. The molecule has 0 saturated carbocycles. The van der Waals surface area contributed by atoms with Crippen molar-refractivity contribution in [2.75, 3.05) is 13.1 Å². The normalized spacial score (nSPS) is 14.7. The van der Waals surface area contributed by atoms with Gasteiger partial charge in [-0.05, 0) is 60.4 Å². The molecule has 4 rings (SSSR count). The lowest BCUT2D eigenvalue weighted by Crippen LogP contribution is -2.28. The summed E-state index contributed by atoms with van der Waals surface area (Å²) in [5.41, 5.74) is 2.86. The minimum atomic E-state index is -3.40. The van der Waals surface area contributed by atoms with E-state index in [0.717, 1.165) is 29.7 Å². The number of rotatable bonds is 7. The number of nitrogens with zero attached hydrogens (tertiary/aromatic N) is 2. The molecule has 30 heavy (non-hydrogen) atoms. The maximum atomic E-state index is 12.6. The molecule has 0 bridgehead atoms. The van der Waals surface area contributed by atoms with E-state index in [1.54, 1.807) is 24.3 Å². The van der Waals surface area contributed by atoms with E-state index in [2.05, 4.69) is 5.32 Å². The number of carbonyl (C=O) groups excluding carboxylic acids is 1. The van der Waals surface area contributed by atoms with E-state index >= 15 is 0 Å². The van der Waals surface area contributed by atoms with Crippen LogP contribution < -0.4 is 5.32 Å². The standard InChI is InChI=1S/C23H25N3O3S/c27-23(17-19-5-9-21(10-6-19)25-13-1-2-14-25)24-18-20-7-11-22(12-8-20)30(28,29)26-15-3-4-16-26/h1-2,5-14H,3-4,15-18H2,(H,24,27). The van der Waals surface area contributed by atoms with E-state index in [-0.39, 0.29) is 5.91 Å². The van der Waals surface area contributed by atoms with Crippen molar-refractivity contribution < 1.29 is 13.2 Å². The Morgan fingerprint density at radius 3 is 2.10 bits per heavy atom. The lowest BCUT2D eigenvalue weighted by atomic mass is 10.1. The third-order valence-corrected chi connectivity index (χ3v) is 7.23. The highest BCUT2D eigenvalue weighted by Crippen LogP contribution is 2.21. The highest BCUT2D eigenvalue weighted by atomic mass is 32.2. The summed E-state index contributed by atoms with van der Waals surface area (Å²) in [5, 5.41) is 2.90. The molecule has 2 heterocycles. The molecule has 1 fully saturated rings. The third-order valence-electron chi connectivity index (χ3n) is 5.32. The smallest absolute Gasteiger partial charge is 0.243 e. The molecule has 7 heteroatoms. The molecule has 0 unspecified atom stereocenters. The fourth-order valence-electron chi connectivity index (χ4n) is 3.60. The number of benzene rings is 2. The Kier molecular flexibility index (Phi) is 6.01. The zero-order valence-electron chi connectivity index (χ0n) is 16.7. The second-order valence-corrected chi connectivity index (χ2v) is 9.40. The van der Waals surface area contributed by atoms with Crippen LogP contribution in [0.15, 0.2) is 78.0 Å². The van der Waals surface area contributed by atoms with Gasteiger partial charge in [0.25, 0.3) is 0 Å². The fourth-order valence-corrected chi connectivity index (χ4v) is 5.12. The highest BCUT2D eigenvalue weighted by Gasteiger charge is 2.26. The second-order valence-electron chi connectivity index (χ2n) is 7.47. The van der Waals surface area contributed by atoms with Crippen molar-refractivity contribution in [1.29, 1.82) is 0 Å². The molecule has 1 amide bonds. The molecule has 2 aromatic carbocycles. The molecule has 0 aliphatic carbocycles. The van der Waals surface area contributed by atoms with E-state index in [1.807, 2.05) is 53.4 Å².